The van der Waals surface area contributed by atoms with Crippen molar-refractivity contribution >= 4 is 33.4 Å². The molecule has 0 saturated heterocycles. The Morgan fingerprint density at radius 1 is 1.38 bits per heavy atom. The summed E-state index contributed by atoms with van der Waals surface area (Å²) in [4.78, 5) is 21.7. The quantitative estimate of drug-likeness (QED) is 0.891. The second-order valence-electron chi connectivity index (χ2n) is 2.84. The molecule has 0 aromatic heterocycles. The van der Waals surface area contributed by atoms with E-state index in [1.807, 2.05) is 5.32 Å². The summed E-state index contributed by atoms with van der Waals surface area (Å²) in [6.45, 7) is 0. The number of carbonyl (C=O) groups is 2. The fraction of sp³-hybridized carbons (Fsp3) is 0.111. The fourth-order valence-electron chi connectivity index (χ4n) is 1.02. The second kappa shape index (κ2) is 5.02. The van der Waals surface area contributed by atoms with Gasteiger partial charge in [-0.15, -0.1) is 0 Å². The average Bonchev–Trinajstić information content (AvgIpc) is 2.16. The number of benzene rings is 1. The molecule has 7 heteroatoms. The normalized spacial score (nSPS) is 10.2. The zero-order chi connectivity index (χ0) is 12.3. The summed E-state index contributed by atoms with van der Waals surface area (Å²) >= 11 is 3.08. The van der Waals surface area contributed by atoms with E-state index in [0.29, 0.717) is 4.47 Å². The highest BCUT2D eigenvalue weighted by Crippen LogP contribution is 2.21. The van der Waals surface area contributed by atoms with Crippen LogP contribution in [0.25, 0.3) is 0 Å². The fourth-order valence-corrected chi connectivity index (χ4v) is 1.38. The molecule has 1 aromatic carbocycles. The molecular formula is C9H7BrF2N2O2. The molecule has 0 aliphatic rings. The Kier molecular flexibility index (Phi) is 3.94. The van der Waals surface area contributed by atoms with Gasteiger partial charge in [0.2, 0.25) is 0 Å². The molecule has 0 aliphatic carbocycles. The van der Waals surface area contributed by atoms with Crippen LogP contribution in [-0.2, 0) is 4.79 Å². The van der Waals surface area contributed by atoms with Gasteiger partial charge in [-0.25, -0.2) is 0 Å². The molecule has 0 saturated carbocycles. The van der Waals surface area contributed by atoms with E-state index in [0.717, 1.165) is 0 Å². The van der Waals surface area contributed by atoms with Gasteiger partial charge in [0, 0.05) is 4.47 Å². The largest absolute Gasteiger partial charge is 0.366 e. The third-order valence-electron chi connectivity index (χ3n) is 1.70. The molecule has 0 bridgehead atoms. The third kappa shape index (κ3) is 2.99. The minimum Gasteiger partial charge on any atom is -0.366 e. The van der Waals surface area contributed by atoms with Crippen molar-refractivity contribution in [3.05, 3.63) is 28.2 Å². The number of amides is 2. The van der Waals surface area contributed by atoms with Crippen LogP contribution in [0.4, 0.5) is 14.5 Å². The van der Waals surface area contributed by atoms with E-state index in [1.54, 1.807) is 0 Å². The first-order valence-corrected chi connectivity index (χ1v) is 4.89. The molecule has 0 aliphatic heterocycles. The summed E-state index contributed by atoms with van der Waals surface area (Å²) in [6, 6.07) is 4.16. The number of nitrogens with one attached hydrogen (secondary N) is 1. The van der Waals surface area contributed by atoms with Gasteiger partial charge in [-0.05, 0) is 18.2 Å². The topological polar surface area (TPSA) is 72.2 Å². The van der Waals surface area contributed by atoms with Gasteiger partial charge in [0.05, 0.1) is 11.3 Å². The van der Waals surface area contributed by atoms with Crippen LogP contribution in [0.3, 0.4) is 0 Å². The first-order valence-electron chi connectivity index (χ1n) is 4.10. The lowest BCUT2D eigenvalue weighted by Gasteiger charge is -2.08. The van der Waals surface area contributed by atoms with E-state index in [9.17, 15) is 18.4 Å². The van der Waals surface area contributed by atoms with Crippen molar-refractivity contribution in [1.29, 1.82) is 0 Å². The van der Waals surface area contributed by atoms with Crippen molar-refractivity contribution in [2.24, 2.45) is 5.73 Å². The smallest absolute Gasteiger partial charge is 0.315 e. The Hall–Kier alpha value is -1.50. The molecule has 1 rings (SSSR count). The molecule has 86 valence electrons. The molecule has 0 fully saturated rings. The van der Waals surface area contributed by atoms with Crippen LogP contribution in [-0.4, -0.2) is 18.2 Å². The molecule has 1 aromatic rings. The van der Waals surface area contributed by atoms with Crippen LogP contribution in [0.15, 0.2) is 22.7 Å². The van der Waals surface area contributed by atoms with Gasteiger partial charge in [0.1, 0.15) is 0 Å². The summed E-state index contributed by atoms with van der Waals surface area (Å²) in [5.74, 6) is -2.29. The highest BCUT2D eigenvalue weighted by atomic mass is 79.9. The number of alkyl halides is 2. The number of hydrogen-bond acceptors (Lipinski definition) is 2. The van der Waals surface area contributed by atoms with Crippen LogP contribution < -0.4 is 11.1 Å². The van der Waals surface area contributed by atoms with Gasteiger partial charge in [-0.1, -0.05) is 15.9 Å². The average molecular weight is 293 g/mol. The highest BCUT2D eigenvalue weighted by Gasteiger charge is 2.18. The van der Waals surface area contributed by atoms with E-state index in [2.05, 4.69) is 15.9 Å². The zero-order valence-corrected chi connectivity index (χ0v) is 9.42. The number of primary amides is 1. The van der Waals surface area contributed by atoms with Crippen molar-refractivity contribution in [3.63, 3.8) is 0 Å². The first-order chi connectivity index (χ1) is 7.41. The number of anilines is 1. The van der Waals surface area contributed by atoms with Crippen molar-refractivity contribution in [2.75, 3.05) is 5.32 Å². The molecule has 0 unspecified atom stereocenters. The summed E-state index contributed by atoms with van der Waals surface area (Å²) in [6.07, 6.45) is -3.15. The van der Waals surface area contributed by atoms with Crippen molar-refractivity contribution in [1.82, 2.24) is 0 Å². The van der Waals surface area contributed by atoms with Crippen LogP contribution in [0.5, 0.6) is 0 Å². The van der Waals surface area contributed by atoms with E-state index < -0.39 is 18.2 Å². The van der Waals surface area contributed by atoms with E-state index in [-0.39, 0.29) is 11.3 Å². The Labute approximate surface area is 97.9 Å². The predicted octanol–water partition coefficient (Wildman–Crippen LogP) is 1.75. The number of hydrogen-bond donors (Lipinski definition) is 2. The number of halogens is 3. The molecule has 3 N–H and O–H groups in total. The summed E-state index contributed by atoms with van der Waals surface area (Å²) in [5, 5.41) is 1.91. The first kappa shape index (κ1) is 12.6. The minimum absolute atomic E-state index is 0.0304. The van der Waals surface area contributed by atoms with Gasteiger partial charge in [0.25, 0.3) is 11.8 Å². The summed E-state index contributed by atoms with van der Waals surface area (Å²) in [7, 11) is 0. The lowest BCUT2D eigenvalue weighted by atomic mass is 10.1. The number of rotatable bonds is 3. The van der Waals surface area contributed by atoms with Crippen LogP contribution in [0.2, 0.25) is 0 Å². The molecule has 4 nitrogen and oxygen atoms in total. The molecule has 0 atom stereocenters. The molecule has 2 amide bonds. The SMILES string of the molecule is NC(=O)c1ccc(Br)cc1NC(=O)C(F)F. The molecule has 0 radical (unpaired) electrons. The molecule has 0 spiro atoms. The molecule has 0 heterocycles. The van der Waals surface area contributed by atoms with Gasteiger partial charge in [-0.3, -0.25) is 9.59 Å². The highest BCUT2D eigenvalue weighted by molar-refractivity contribution is 9.10. The Morgan fingerprint density at radius 3 is 2.50 bits per heavy atom. The predicted molar refractivity (Wildman–Crippen MR) is 57.3 cm³/mol. The minimum atomic E-state index is -3.15. The maximum absolute atomic E-state index is 12.0. The lowest BCUT2D eigenvalue weighted by Crippen LogP contribution is -2.23. The van der Waals surface area contributed by atoms with Crippen LogP contribution in [0.1, 0.15) is 10.4 Å². The monoisotopic (exact) mass is 292 g/mol. The second-order valence-corrected chi connectivity index (χ2v) is 3.76. The van der Waals surface area contributed by atoms with Crippen molar-refractivity contribution in [3.8, 4) is 0 Å². The maximum Gasteiger partial charge on any atom is 0.315 e. The third-order valence-corrected chi connectivity index (χ3v) is 2.20. The van der Waals surface area contributed by atoms with Crippen LogP contribution in [0, 0.1) is 0 Å². The zero-order valence-electron chi connectivity index (χ0n) is 7.84. The maximum atomic E-state index is 12.0. The summed E-state index contributed by atoms with van der Waals surface area (Å²) < 4.78 is 24.5. The number of nitrogens with two attached hydrogens (primary N) is 1. The van der Waals surface area contributed by atoms with E-state index in [1.165, 1.54) is 18.2 Å². The van der Waals surface area contributed by atoms with Gasteiger partial charge < -0.3 is 11.1 Å². The summed E-state index contributed by atoms with van der Waals surface area (Å²) in [5.41, 5.74) is 4.94. The molecular weight excluding hydrogens is 286 g/mol. The lowest BCUT2D eigenvalue weighted by molar-refractivity contribution is -0.126. The van der Waals surface area contributed by atoms with Crippen molar-refractivity contribution < 1.29 is 18.4 Å². The van der Waals surface area contributed by atoms with Gasteiger partial charge >= 0.3 is 6.43 Å². The standard InChI is InChI=1S/C9H7BrF2N2O2/c10-4-1-2-5(8(13)15)6(3-4)14-9(16)7(11)12/h1-3,7H,(H2,13,15)(H,14,16). The molecule has 16 heavy (non-hydrogen) atoms. The van der Waals surface area contributed by atoms with Crippen molar-refractivity contribution in [2.45, 2.75) is 6.43 Å². The van der Waals surface area contributed by atoms with Gasteiger partial charge in [-0.2, -0.15) is 8.78 Å². The Bertz CT molecular complexity index is 438. The van der Waals surface area contributed by atoms with Crippen LogP contribution >= 0.6 is 15.9 Å². The Balaban J connectivity index is 3.06. The Morgan fingerprint density at radius 2 is 2.00 bits per heavy atom. The number of carbonyl (C=O) groups excluding carboxylic acids is 2. The van der Waals surface area contributed by atoms with E-state index in [4.69, 9.17) is 5.73 Å². The van der Waals surface area contributed by atoms with E-state index >= 15 is 0 Å². The van der Waals surface area contributed by atoms with Gasteiger partial charge in [0.15, 0.2) is 0 Å².